The van der Waals surface area contributed by atoms with E-state index in [1.165, 1.54) is 43.8 Å². The van der Waals surface area contributed by atoms with Gasteiger partial charge in [0.15, 0.2) is 0 Å². The summed E-state index contributed by atoms with van der Waals surface area (Å²) in [6, 6.07) is 12.3. The Kier molecular flexibility index (Phi) is 5.16. The predicted octanol–water partition coefficient (Wildman–Crippen LogP) is 2.92. The molecule has 0 saturated carbocycles. The van der Waals surface area contributed by atoms with E-state index in [1.807, 2.05) is 6.92 Å². The van der Waals surface area contributed by atoms with E-state index >= 15 is 0 Å². The number of fused-ring (bicyclic) bond motifs is 1. The SMILES string of the molecule is C[C@@H](NC(=O)c1cccc(S(=O)(=O)N(C)C)c1)c1ccc2c(c1)CCC2. The van der Waals surface area contributed by atoms with Crippen molar-refractivity contribution >= 4 is 15.9 Å². The maximum absolute atomic E-state index is 12.6. The second-order valence-electron chi connectivity index (χ2n) is 6.89. The van der Waals surface area contributed by atoms with Crippen LogP contribution in [0.25, 0.3) is 0 Å². The van der Waals surface area contributed by atoms with E-state index in [0.29, 0.717) is 5.56 Å². The average molecular weight is 372 g/mol. The molecule has 0 fully saturated rings. The van der Waals surface area contributed by atoms with Crippen molar-refractivity contribution in [3.05, 3.63) is 64.7 Å². The molecule has 138 valence electrons. The van der Waals surface area contributed by atoms with Crippen LogP contribution in [-0.4, -0.2) is 32.7 Å². The number of sulfonamides is 1. The molecule has 26 heavy (non-hydrogen) atoms. The van der Waals surface area contributed by atoms with Gasteiger partial charge in [0.05, 0.1) is 10.9 Å². The largest absolute Gasteiger partial charge is 0.346 e. The van der Waals surface area contributed by atoms with Gasteiger partial charge in [-0.15, -0.1) is 0 Å². The van der Waals surface area contributed by atoms with E-state index in [2.05, 4.69) is 23.5 Å². The zero-order valence-electron chi connectivity index (χ0n) is 15.3. The summed E-state index contributed by atoms with van der Waals surface area (Å²) in [4.78, 5) is 12.7. The lowest BCUT2D eigenvalue weighted by Gasteiger charge is -2.16. The number of carbonyl (C=O) groups excluding carboxylic acids is 1. The Morgan fingerprint density at radius 2 is 1.81 bits per heavy atom. The van der Waals surface area contributed by atoms with Crippen LogP contribution in [0, 0.1) is 0 Å². The first-order valence-electron chi connectivity index (χ1n) is 8.74. The molecular formula is C20H24N2O3S. The number of hydrogen-bond acceptors (Lipinski definition) is 3. The molecule has 0 heterocycles. The van der Waals surface area contributed by atoms with Crippen molar-refractivity contribution in [2.24, 2.45) is 0 Å². The lowest BCUT2D eigenvalue weighted by molar-refractivity contribution is 0.0939. The number of nitrogens with one attached hydrogen (secondary N) is 1. The first-order valence-corrected chi connectivity index (χ1v) is 10.2. The third kappa shape index (κ3) is 3.66. The molecule has 0 radical (unpaired) electrons. The monoisotopic (exact) mass is 372 g/mol. The summed E-state index contributed by atoms with van der Waals surface area (Å²) < 4.78 is 25.6. The van der Waals surface area contributed by atoms with Crippen LogP contribution in [0.2, 0.25) is 0 Å². The summed E-state index contributed by atoms with van der Waals surface area (Å²) in [5.74, 6) is -0.284. The van der Waals surface area contributed by atoms with Gasteiger partial charge in [-0.1, -0.05) is 24.3 Å². The van der Waals surface area contributed by atoms with Crippen LogP contribution in [-0.2, 0) is 22.9 Å². The minimum Gasteiger partial charge on any atom is -0.346 e. The Morgan fingerprint density at radius 1 is 1.08 bits per heavy atom. The van der Waals surface area contributed by atoms with Gasteiger partial charge in [-0.25, -0.2) is 12.7 Å². The van der Waals surface area contributed by atoms with Gasteiger partial charge >= 0.3 is 0 Å². The molecule has 1 atom stereocenters. The molecule has 1 amide bonds. The molecule has 2 aromatic carbocycles. The molecule has 0 saturated heterocycles. The van der Waals surface area contributed by atoms with Crippen molar-refractivity contribution in [3.8, 4) is 0 Å². The predicted molar refractivity (Wildman–Crippen MR) is 102 cm³/mol. The van der Waals surface area contributed by atoms with Crippen LogP contribution in [0.1, 0.15) is 46.4 Å². The molecule has 2 aromatic rings. The van der Waals surface area contributed by atoms with Gasteiger partial charge in [0.2, 0.25) is 10.0 Å². The number of nitrogens with zero attached hydrogens (tertiary/aromatic N) is 1. The summed E-state index contributed by atoms with van der Waals surface area (Å²) in [6.07, 6.45) is 3.41. The van der Waals surface area contributed by atoms with Crippen LogP contribution in [0.5, 0.6) is 0 Å². The third-order valence-electron chi connectivity index (χ3n) is 4.84. The molecule has 0 bridgehead atoms. The Morgan fingerprint density at radius 3 is 2.54 bits per heavy atom. The molecule has 3 rings (SSSR count). The van der Waals surface area contributed by atoms with Gasteiger partial charge in [0, 0.05) is 19.7 Å². The zero-order chi connectivity index (χ0) is 18.9. The summed E-state index contributed by atoms with van der Waals surface area (Å²) in [7, 11) is -0.627. The lowest BCUT2D eigenvalue weighted by Crippen LogP contribution is -2.27. The van der Waals surface area contributed by atoms with Gasteiger partial charge < -0.3 is 5.32 Å². The standard InChI is InChI=1S/C20H24N2O3S/c1-14(16-11-10-15-6-4-7-17(15)12-16)21-20(23)18-8-5-9-19(13-18)26(24,25)22(2)3/h5,8-14H,4,6-7H2,1-3H3,(H,21,23)/t14-/m1/s1. The smallest absolute Gasteiger partial charge is 0.251 e. The van der Waals surface area contributed by atoms with Gasteiger partial charge in [0.25, 0.3) is 5.91 Å². The summed E-state index contributed by atoms with van der Waals surface area (Å²) in [5, 5.41) is 2.96. The van der Waals surface area contributed by atoms with Gasteiger partial charge in [-0.05, 0) is 61.1 Å². The molecule has 0 unspecified atom stereocenters. The fourth-order valence-electron chi connectivity index (χ4n) is 3.23. The Labute approximate surface area is 155 Å². The van der Waals surface area contributed by atoms with Crippen molar-refractivity contribution < 1.29 is 13.2 Å². The number of hydrogen-bond donors (Lipinski definition) is 1. The first kappa shape index (κ1) is 18.6. The number of benzene rings is 2. The quantitative estimate of drug-likeness (QED) is 0.878. The highest BCUT2D eigenvalue weighted by atomic mass is 32.2. The lowest BCUT2D eigenvalue weighted by atomic mass is 10.0. The molecule has 6 heteroatoms. The Bertz CT molecular complexity index is 936. The van der Waals surface area contributed by atoms with E-state index in [-0.39, 0.29) is 16.8 Å². The van der Waals surface area contributed by atoms with Gasteiger partial charge in [0.1, 0.15) is 0 Å². The average Bonchev–Trinajstić information content (AvgIpc) is 3.09. The van der Waals surface area contributed by atoms with Crippen molar-refractivity contribution in [3.63, 3.8) is 0 Å². The second kappa shape index (κ2) is 7.21. The summed E-state index contributed by atoms with van der Waals surface area (Å²) in [5.41, 5.74) is 4.16. The number of aryl methyl sites for hydroxylation is 2. The fraction of sp³-hybridized carbons (Fsp3) is 0.350. The molecule has 1 N–H and O–H groups in total. The molecule has 1 aliphatic rings. The Hall–Kier alpha value is -2.18. The van der Waals surface area contributed by atoms with Crippen LogP contribution < -0.4 is 5.32 Å². The second-order valence-corrected chi connectivity index (χ2v) is 9.04. The minimum atomic E-state index is -3.57. The van der Waals surface area contributed by atoms with E-state index in [4.69, 9.17) is 0 Å². The highest BCUT2D eigenvalue weighted by Gasteiger charge is 2.20. The van der Waals surface area contributed by atoms with Crippen molar-refractivity contribution in [1.29, 1.82) is 0 Å². The fourth-order valence-corrected chi connectivity index (χ4v) is 4.18. The van der Waals surface area contributed by atoms with Crippen LogP contribution in [0.3, 0.4) is 0 Å². The highest BCUT2D eigenvalue weighted by molar-refractivity contribution is 7.89. The van der Waals surface area contributed by atoms with E-state index < -0.39 is 10.0 Å². The van der Waals surface area contributed by atoms with Gasteiger partial charge in [-0.2, -0.15) is 0 Å². The number of amides is 1. The molecule has 0 spiro atoms. The maximum atomic E-state index is 12.6. The Balaban J connectivity index is 1.78. The molecular weight excluding hydrogens is 348 g/mol. The molecule has 0 aromatic heterocycles. The van der Waals surface area contributed by atoms with Gasteiger partial charge in [-0.3, -0.25) is 4.79 Å². The topological polar surface area (TPSA) is 66.5 Å². The van der Waals surface area contributed by atoms with Crippen LogP contribution in [0.4, 0.5) is 0 Å². The van der Waals surface area contributed by atoms with E-state index in [1.54, 1.807) is 12.1 Å². The molecule has 5 nitrogen and oxygen atoms in total. The molecule has 0 aliphatic heterocycles. The van der Waals surface area contributed by atoms with E-state index in [9.17, 15) is 13.2 Å². The summed E-state index contributed by atoms with van der Waals surface area (Å²) in [6.45, 7) is 1.94. The minimum absolute atomic E-state index is 0.111. The maximum Gasteiger partial charge on any atom is 0.251 e. The van der Waals surface area contributed by atoms with Crippen molar-refractivity contribution in [2.45, 2.75) is 37.1 Å². The normalized spacial score (nSPS) is 14.9. The number of rotatable bonds is 5. The number of carbonyl (C=O) groups is 1. The highest BCUT2D eigenvalue weighted by Crippen LogP contribution is 2.25. The third-order valence-corrected chi connectivity index (χ3v) is 6.66. The first-order chi connectivity index (χ1) is 12.3. The van der Waals surface area contributed by atoms with E-state index in [0.717, 1.165) is 22.7 Å². The van der Waals surface area contributed by atoms with Crippen molar-refractivity contribution in [2.75, 3.05) is 14.1 Å². The molecule has 1 aliphatic carbocycles. The van der Waals surface area contributed by atoms with Crippen LogP contribution in [0.15, 0.2) is 47.4 Å². The summed E-state index contributed by atoms with van der Waals surface area (Å²) >= 11 is 0. The zero-order valence-corrected chi connectivity index (χ0v) is 16.1. The van der Waals surface area contributed by atoms with Crippen molar-refractivity contribution in [1.82, 2.24) is 9.62 Å². The van der Waals surface area contributed by atoms with Crippen LogP contribution >= 0.6 is 0 Å².